The summed E-state index contributed by atoms with van der Waals surface area (Å²) in [6.45, 7) is 5.45. The molecule has 0 aromatic heterocycles. The molecule has 0 aliphatic heterocycles. The molecule has 29 heavy (non-hydrogen) atoms. The van der Waals surface area contributed by atoms with E-state index in [4.69, 9.17) is 16.3 Å². The topological polar surface area (TPSA) is 84.5 Å². The normalized spacial score (nSPS) is 11.6. The summed E-state index contributed by atoms with van der Waals surface area (Å²) in [6.07, 6.45) is 0. The van der Waals surface area contributed by atoms with E-state index in [0.717, 1.165) is 11.1 Å². The van der Waals surface area contributed by atoms with Gasteiger partial charge in [-0.15, -0.1) is 0 Å². The molecule has 0 saturated carbocycles. The lowest BCUT2D eigenvalue weighted by Crippen LogP contribution is -2.46. The Balaban J connectivity index is 1.87. The van der Waals surface area contributed by atoms with Crippen molar-refractivity contribution < 1.29 is 19.1 Å². The molecule has 0 fully saturated rings. The average Bonchev–Trinajstić information content (AvgIpc) is 2.69. The van der Waals surface area contributed by atoms with Gasteiger partial charge in [-0.2, -0.15) is 0 Å². The minimum atomic E-state index is -0.899. The zero-order chi connectivity index (χ0) is 21.4. The van der Waals surface area contributed by atoms with Crippen molar-refractivity contribution in [3.05, 3.63) is 70.2 Å². The summed E-state index contributed by atoms with van der Waals surface area (Å²) in [5, 5.41) is 5.61. The number of hydrogen-bond acceptors (Lipinski definition) is 4. The van der Waals surface area contributed by atoms with Crippen LogP contribution in [0.2, 0.25) is 5.02 Å². The van der Waals surface area contributed by atoms with Gasteiger partial charge in [0.25, 0.3) is 11.8 Å². The second-order valence-electron chi connectivity index (χ2n) is 7.05. The van der Waals surface area contributed by atoms with Crippen molar-refractivity contribution in [2.75, 3.05) is 6.61 Å². The first-order chi connectivity index (χ1) is 13.8. The summed E-state index contributed by atoms with van der Waals surface area (Å²) >= 11 is 6.03. The van der Waals surface area contributed by atoms with Gasteiger partial charge in [-0.3, -0.25) is 9.59 Å². The number of halogens is 1. The predicted molar refractivity (Wildman–Crippen MR) is 112 cm³/mol. The molecular formula is C22H25ClN2O4. The lowest BCUT2D eigenvalue weighted by atomic mass is 10.0. The predicted octanol–water partition coefficient (Wildman–Crippen LogP) is 3.26. The molecule has 0 unspecified atom stereocenters. The smallest absolute Gasteiger partial charge is 0.329 e. The van der Waals surface area contributed by atoms with Crippen molar-refractivity contribution in [1.29, 1.82) is 0 Å². The van der Waals surface area contributed by atoms with Crippen LogP contribution in [0.5, 0.6) is 0 Å². The van der Waals surface area contributed by atoms with Crippen LogP contribution < -0.4 is 10.6 Å². The van der Waals surface area contributed by atoms with Crippen molar-refractivity contribution >= 4 is 29.4 Å². The van der Waals surface area contributed by atoms with E-state index in [1.54, 1.807) is 38.1 Å². The molecular weight excluding hydrogens is 392 g/mol. The Labute approximate surface area is 175 Å². The number of hydrogen-bond donors (Lipinski definition) is 2. The van der Waals surface area contributed by atoms with Gasteiger partial charge in [-0.25, -0.2) is 4.79 Å². The molecule has 0 saturated heterocycles. The molecule has 6 nitrogen and oxygen atoms in total. The number of esters is 1. The Bertz CT molecular complexity index is 865. The third-order valence-electron chi connectivity index (χ3n) is 4.28. The van der Waals surface area contributed by atoms with Crippen molar-refractivity contribution in [3.63, 3.8) is 0 Å². The summed E-state index contributed by atoms with van der Waals surface area (Å²) in [5.74, 6) is -1.80. The fraction of sp³-hybridized carbons (Fsp3) is 0.318. The maximum absolute atomic E-state index is 12.4. The fourth-order valence-corrected chi connectivity index (χ4v) is 2.77. The molecule has 0 radical (unpaired) electrons. The summed E-state index contributed by atoms with van der Waals surface area (Å²) in [4.78, 5) is 36.8. The van der Waals surface area contributed by atoms with Crippen LogP contribution in [0.25, 0.3) is 0 Å². The highest BCUT2D eigenvalue weighted by Gasteiger charge is 2.27. The molecule has 154 valence electrons. The Hall–Kier alpha value is -2.86. The molecule has 2 rings (SSSR count). The van der Waals surface area contributed by atoms with Crippen LogP contribution in [-0.2, 0) is 20.9 Å². The van der Waals surface area contributed by atoms with Crippen LogP contribution in [0.4, 0.5) is 0 Å². The third kappa shape index (κ3) is 6.91. The molecule has 2 amide bonds. The SMILES string of the molecule is Cc1ccc(CNC(=O)COC(=O)[C@@H](NC(=O)c2ccccc2Cl)C(C)C)cc1. The maximum Gasteiger partial charge on any atom is 0.329 e. The Morgan fingerprint density at radius 1 is 1.03 bits per heavy atom. The number of nitrogens with one attached hydrogen (secondary N) is 2. The average molecular weight is 417 g/mol. The van der Waals surface area contributed by atoms with E-state index in [-0.39, 0.29) is 16.5 Å². The molecule has 0 bridgehead atoms. The van der Waals surface area contributed by atoms with E-state index in [1.807, 2.05) is 31.2 Å². The second-order valence-corrected chi connectivity index (χ2v) is 7.45. The molecule has 2 aromatic carbocycles. The maximum atomic E-state index is 12.4. The van der Waals surface area contributed by atoms with Gasteiger partial charge >= 0.3 is 5.97 Å². The summed E-state index contributed by atoms with van der Waals surface area (Å²) < 4.78 is 5.10. The van der Waals surface area contributed by atoms with Crippen LogP contribution in [-0.4, -0.2) is 30.4 Å². The Morgan fingerprint density at radius 3 is 2.31 bits per heavy atom. The van der Waals surface area contributed by atoms with E-state index in [2.05, 4.69) is 10.6 Å². The van der Waals surface area contributed by atoms with E-state index in [1.165, 1.54) is 0 Å². The molecule has 0 aliphatic rings. The first-order valence-corrected chi connectivity index (χ1v) is 9.70. The lowest BCUT2D eigenvalue weighted by Gasteiger charge is -2.21. The first kappa shape index (κ1) is 22.4. The number of benzene rings is 2. The molecule has 0 aliphatic carbocycles. The van der Waals surface area contributed by atoms with Crippen molar-refractivity contribution in [1.82, 2.24) is 10.6 Å². The van der Waals surface area contributed by atoms with Crippen molar-refractivity contribution in [2.24, 2.45) is 5.92 Å². The number of carbonyl (C=O) groups excluding carboxylic acids is 3. The van der Waals surface area contributed by atoms with Gasteiger partial charge in [-0.05, 0) is 30.5 Å². The number of aryl methyl sites for hydroxylation is 1. The highest BCUT2D eigenvalue weighted by atomic mass is 35.5. The minimum Gasteiger partial charge on any atom is -0.454 e. The van der Waals surface area contributed by atoms with Gasteiger partial charge < -0.3 is 15.4 Å². The Kier molecular flexibility index (Phi) is 8.21. The number of amides is 2. The van der Waals surface area contributed by atoms with Gasteiger partial charge in [0.2, 0.25) is 0 Å². The first-order valence-electron chi connectivity index (χ1n) is 9.32. The van der Waals surface area contributed by atoms with Gasteiger partial charge in [0.05, 0.1) is 10.6 Å². The zero-order valence-electron chi connectivity index (χ0n) is 16.7. The summed E-state index contributed by atoms with van der Waals surface area (Å²) in [6, 6.07) is 13.4. The number of rotatable bonds is 8. The van der Waals surface area contributed by atoms with Crippen molar-refractivity contribution in [2.45, 2.75) is 33.4 Å². The van der Waals surface area contributed by atoms with Gasteiger partial charge in [-0.1, -0.05) is 67.4 Å². The third-order valence-corrected chi connectivity index (χ3v) is 4.61. The van der Waals surface area contributed by atoms with Crippen molar-refractivity contribution in [3.8, 4) is 0 Å². The quantitative estimate of drug-likeness (QED) is 0.647. The molecule has 7 heteroatoms. The van der Waals surface area contributed by atoms with Crippen LogP contribution in [0, 0.1) is 12.8 Å². The van der Waals surface area contributed by atoms with Gasteiger partial charge in [0, 0.05) is 6.54 Å². The van der Waals surface area contributed by atoms with E-state index >= 15 is 0 Å². The standard InChI is InChI=1S/C22H25ClN2O4/c1-14(2)20(25-21(27)17-6-4-5-7-18(17)23)22(28)29-13-19(26)24-12-16-10-8-15(3)9-11-16/h4-11,14,20H,12-13H2,1-3H3,(H,24,26)(H,25,27)/t20-/m0/s1. The fourth-order valence-electron chi connectivity index (χ4n) is 2.55. The monoisotopic (exact) mass is 416 g/mol. The van der Waals surface area contributed by atoms with E-state index in [9.17, 15) is 14.4 Å². The van der Waals surface area contributed by atoms with Crippen LogP contribution in [0.3, 0.4) is 0 Å². The van der Waals surface area contributed by atoms with Crippen LogP contribution >= 0.6 is 11.6 Å². The minimum absolute atomic E-state index is 0.232. The van der Waals surface area contributed by atoms with E-state index < -0.39 is 30.4 Å². The van der Waals surface area contributed by atoms with Gasteiger partial charge in [0.15, 0.2) is 6.61 Å². The second kappa shape index (κ2) is 10.6. The molecule has 1 atom stereocenters. The van der Waals surface area contributed by atoms with Gasteiger partial charge in [0.1, 0.15) is 6.04 Å². The number of carbonyl (C=O) groups is 3. The summed E-state index contributed by atoms with van der Waals surface area (Å²) in [7, 11) is 0. The van der Waals surface area contributed by atoms with E-state index in [0.29, 0.717) is 6.54 Å². The zero-order valence-corrected chi connectivity index (χ0v) is 17.5. The highest BCUT2D eigenvalue weighted by Crippen LogP contribution is 2.15. The lowest BCUT2D eigenvalue weighted by molar-refractivity contribution is -0.151. The molecule has 2 N–H and O–H groups in total. The molecule has 2 aromatic rings. The number of ether oxygens (including phenoxy) is 1. The highest BCUT2D eigenvalue weighted by molar-refractivity contribution is 6.33. The largest absolute Gasteiger partial charge is 0.454 e. The van der Waals surface area contributed by atoms with Crippen LogP contribution in [0.15, 0.2) is 48.5 Å². The Morgan fingerprint density at radius 2 is 1.69 bits per heavy atom. The summed E-state index contributed by atoms with van der Waals surface area (Å²) in [5.41, 5.74) is 2.35. The molecule has 0 spiro atoms. The molecule has 0 heterocycles. The van der Waals surface area contributed by atoms with Crippen LogP contribution in [0.1, 0.15) is 35.3 Å².